The number of hydrogen-bond donors (Lipinski definition) is 0. The van der Waals surface area contributed by atoms with E-state index in [0.29, 0.717) is 12.1 Å². The quantitative estimate of drug-likeness (QED) is 0.346. The lowest BCUT2D eigenvalue weighted by Gasteiger charge is -2.23. The zero-order chi connectivity index (χ0) is 21.8. The topological polar surface area (TPSA) is 46.1 Å². The van der Waals surface area contributed by atoms with Gasteiger partial charge in [0.05, 0.1) is 12.1 Å². The number of benzene rings is 3. The second-order valence-electron chi connectivity index (χ2n) is 7.58. The van der Waals surface area contributed by atoms with Crippen molar-refractivity contribution < 1.29 is 4.79 Å². The van der Waals surface area contributed by atoms with Crippen molar-refractivity contribution in [3.8, 4) is 11.1 Å². The van der Waals surface area contributed by atoms with Crippen molar-refractivity contribution in [2.24, 2.45) is 0 Å². The van der Waals surface area contributed by atoms with Gasteiger partial charge in [0.25, 0.3) is 5.91 Å². The molecule has 0 unspecified atom stereocenters. The summed E-state index contributed by atoms with van der Waals surface area (Å²) in [4.78, 5) is 24.0. The molecule has 0 saturated carbocycles. The van der Waals surface area contributed by atoms with Gasteiger partial charge in [-0.25, -0.2) is 0 Å². The van der Waals surface area contributed by atoms with E-state index in [4.69, 9.17) is 0 Å². The number of carbonyl (C=O) groups excluding carboxylic acids is 1. The Morgan fingerprint density at radius 1 is 0.750 bits per heavy atom. The summed E-state index contributed by atoms with van der Waals surface area (Å²) in [5.41, 5.74) is 5.56. The summed E-state index contributed by atoms with van der Waals surface area (Å²) in [6.07, 6.45) is 5.29. The summed E-state index contributed by atoms with van der Waals surface area (Å²) in [5.74, 6) is -0.0629. The van der Waals surface area contributed by atoms with E-state index in [9.17, 15) is 4.79 Å². The molecule has 5 aromatic rings. The minimum atomic E-state index is -0.0629. The van der Waals surface area contributed by atoms with E-state index in [1.54, 1.807) is 23.5 Å². The van der Waals surface area contributed by atoms with Gasteiger partial charge in [-0.15, -0.1) is 0 Å². The van der Waals surface area contributed by atoms with Crippen LogP contribution in [0.4, 0.5) is 5.69 Å². The first-order valence-electron chi connectivity index (χ1n) is 10.5. The Kier molecular flexibility index (Phi) is 5.41. The molecule has 0 fully saturated rings. The van der Waals surface area contributed by atoms with Gasteiger partial charge >= 0.3 is 0 Å². The van der Waals surface area contributed by atoms with Crippen LogP contribution in [0.15, 0.2) is 116 Å². The van der Waals surface area contributed by atoms with E-state index in [0.717, 1.165) is 33.3 Å². The molecule has 4 nitrogen and oxygen atoms in total. The van der Waals surface area contributed by atoms with Gasteiger partial charge in [-0.05, 0) is 59.2 Å². The van der Waals surface area contributed by atoms with Crippen LogP contribution in [0, 0.1) is 0 Å². The van der Waals surface area contributed by atoms with E-state index < -0.39 is 0 Å². The molecule has 2 heterocycles. The van der Waals surface area contributed by atoms with Crippen LogP contribution < -0.4 is 4.90 Å². The van der Waals surface area contributed by atoms with Crippen molar-refractivity contribution in [2.45, 2.75) is 6.54 Å². The number of hydrogen-bond acceptors (Lipinski definition) is 3. The van der Waals surface area contributed by atoms with Crippen LogP contribution in [0.5, 0.6) is 0 Å². The molecule has 2 aromatic heterocycles. The monoisotopic (exact) mass is 415 g/mol. The largest absolute Gasteiger partial charge is 0.304 e. The van der Waals surface area contributed by atoms with Gasteiger partial charge in [0.1, 0.15) is 0 Å². The number of pyridine rings is 2. The number of nitrogens with zero attached hydrogens (tertiary/aromatic N) is 3. The highest BCUT2D eigenvalue weighted by molar-refractivity contribution is 6.07. The first kappa shape index (κ1) is 19.6. The van der Waals surface area contributed by atoms with Crippen molar-refractivity contribution >= 4 is 22.5 Å². The van der Waals surface area contributed by atoms with Crippen LogP contribution in [-0.2, 0) is 6.54 Å². The first-order chi connectivity index (χ1) is 15.8. The highest BCUT2D eigenvalue weighted by atomic mass is 16.2. The molecule has 0 N–H and O–H groups in total. The molecule has 4 heteroatoms. The van der Waals surface area contributed by atoms with Crippen LogP contribution in [0.2, 0.25) is 0 Å². The van der Waals surface area contributed by atoms with E-state index in [1.165, 1.54) is 0 Å². The Balaban J connectivity index is 1.51. The van der Waals surface area contributed by atoms with Crippen molar-refractivity contribution in [3.05, 3.63) is 127 Å². The summed E-state index contributed by atoms with van der Waals surface area (Å²) in [7, 11) is 0. The van der Waals surface area contributed by atoms with E-state index in [1.807, 2.05) is 72.8 Å². The van der Waals surface area contributed by atoms with E-state index in [2.05, 4.69) is 34.2 Å². The molecule has 5 rings (SSSR count). The highest BCUT2D eigenvalue weighted by Gasteiger charge is 2.19. The van der Waals surface area contributed by atoms with Gasteiger partial charge in [0.2, 0.25) is 0 Å². The Bertz CT molecular complexity index is 1350. The minimum Gasteiger partial charge on any atom is -0.304 e. The van der Waals surface area contributed by atoms with Crippen LogP contribution in [-0.4, -0.2) is 15.9 Å². The Morgan fingerprint density at radius 3 is 2.31 bits per heavy atom. The summed E-state index contributed by atoms with van der Waals surface area (Å²) in [6.45, 7) is 0.433. The average Bonchev–Trinajstić information content (AvgIpc) is 2.88. The summed E-state index contributed by atoms with van der Waals surface area (Å²) in [5, 5.41) is 0.944. The fraction of sp³-hybridized carbons (Fsp3) is 0.0357. The fourth-order valence-corrected chi connectivity index (χ4v) is 3.78. The highest BCUT2D eigenvalue weighted by Crippen LogP contribution is 2.26. The third-order valence-electron chi connectivity index (χ3n) is 5.44. The number of carbonyl (C=O) groups is 1. The van der Waals surface area contributed by atoms with Gasteiger partial charge in [-0.2, -0.15) is 0 Å². The molecule has 0 aliphatic carbocycles. The third-order valence-corrected chi connectivity index (χ3v) is 5.44. The zero-order valence-corrected chi connectivity index (χ0v) is 17.4. The molecule has 0 radical (unpaired) electrons. The summed E-state index contributed by atoms with van der Waals surface area (Å²) in [6, 6.07) is 31.7. The molecule has 32 heavy (non-hydrogen) atoms. The smallest absolute Gasteiger partial charge is 0.258 e. The molecule has 0 aliphatic rings. The van der Waals surface area contributed by atoms with Crippen LogP contribution in [0.1, 0.15) is 15.9 Å². The van der Waals surface area contributed by atoms with Crippen LogP contribution in [0.3, 0.4) is 0 Å². The fourth-order valence-electron chi connectivity index (χ4n) is 3.78. The van der Waals surface area contributed by atoms with Crippen molar-refractivity contribution in [1.82, 2.24) is 9.97 Å². The molecule has 1 amide bonds. The van der Waals surface area contributed by atoms with Gasteiger partial charge in [-0.3, -0.25) is 14.8 Å². The molecular weight excluding hydrogens is 394 g/mol. The zero-order valence-electron chi connectivity index (χ0n) is 17.4. The lowest BCUT2D eigenvalue weighted by Crippen LogP contribution is -2.30. The second-order valence-corrected chi connectivity index (χ2v) is 7.58. The Hall–Kier alpha value is -4.31. The number of anilines is 1. The molecule has 3 aromatic carbocycles. The lowest BCUT2D eigenvalue weighted by atomic mass is 10.0. The molecule has 0 spiro atoms. The number of aromatic nitrogens is 2. The third kappa shape index (κ3) is 4.12. The maximum atomic E-state index is 13.6. The maximum Gasteiger partial charge on any atom is 0.258 e. The van der Waals surface area contributed by atoms with Gasteiger partial charge < -0.3 is 4.90 Å². The second kappa shape index (κ2) is 8.82. The number of fused-ring (bicyclic) bond motifs is 1. The summed E-state index contributed by atoms with van der Waals surface area (Å²) >= 11 is 0. The SMILES string of the molecule is O=C(c1ccc2ncccc2c1)N(Cc1cccnc1)c1ccc(-c2ccccc2)cc1. The Labute approximate surface area is 186 Å². The van der Waals surface area contributed by atoms with E-state index in [-0.39, 0.29) is 5.91 Å². The lowest BCUT2D eigenvalue weighted by molar-refractivity contribution is 0.0985. The Morgan fingerprint density at radius 2 is 1.53 bits per heavy atom. The number of amides is 1. The van der Waals surface area contributed by atoms with Crippen molar-refractivity contribution in [2.75, 3.05) is 4.90 Å². The molecule has 0 bridgehead atoms. The molecular formula is C28H21N3O. The normalized spacial score (nSPS) is 10.8. The summed E-state index contributed by atoms with van der Waals surface area (Å²) < 4.78 is 0. The van der Waals surface area contributed by atoms with Gasteiger partial charge in [-0.1, -0.05) is 54.6 Å². The van der Waals surface area contributed by atoms with E-state index >= 15 is 0 Å². The van der Waals surface area contributed by atoms with Crippen molar-refractivity contribution in [3.63, 3.8) is 0 Å². The maximum absolute atomic E-state index is 13.6. The van der Waals surface area contributed by atoms with Gasteiger partial charge in [0, 0.05) is 35.2 Å². The van der Waals surface area contributed by atoms with Crippen LogP contribution in [0.25, 0.3) is 22.0 Å². The molecule has 0 atom stereocenters. The predicted molar refractivity (Wildman–Crippen MR) is 128 cm³/mol. The first-order valence-corrected chi connectivity index (χ1v) is 10.5. The predicted octanol–water partition coefficient (Wildman–Crippen LogP) is 6.14. The standard InChI is InChI=1S/C28H21N3O/c32-28(25-12-15-27-24(18-25)9-5-17-30-27)31(20-21-6-4-16-29-19-21)26-13-10-23(11-14-26)22-7-2-1-3-8-22/h1-19H,20H2. The van der Waals surface area contributed by atoms with Crippen LogP contribution >= 0.6 is 0 Å². The molecule has 0 saturated heterocycles. The van der Waals surface area contributed by atoms with Crippen molar-refractivity contribution in [1.29, 1.82) is 0 Å². The number of rotatable bonds is 5. The minimum absolute atomic E-state index is 0.0629. The molecule has 0 aliphatic heterocycles. The van der Waals surface area contributed by atoms with Gasteiger partial charge in [0.15, 0.2) is 0 Å². The average molecular weight is 415 g/mol. The molecule has 154 valence electrons.